The van der Waals surface area contributed by atoms with E-state index < -0.39 is 0 Å². The molecule has 2 aromatic rings. The Morgan fingerprint density at radius 3 is 2.87 bits per heavy atom. The Morgan fingerprint density at radius 2 is 2.07 bits per heavy atom. The number of benzene rings is 2. The van der Waals surface area contributed by atoms with Gasteiger partial charge in [-0.25, -0.2) is 0 Å². The summed E-state index contributed by atoms with van der Waals surface area (Å²) in [5, 5.41) is 5.95. The zero-order valence-corrected chi connectivity index (χ0v) is 18.0. The smallest absolute Gasteiger partial charge is 0.261 e. The van der Waals surface area contributed by atoms with Gasteiger partial charge in [-0.15, -0.1) is 0 Å². The van der Waals surface area contributed by atoms with Gasteiger partial charge in [-0.3, -0.25) is 10.1 Å². The molecule has 1 atom stereocenters. The van der Waals surface area contributed by atoms with Crippen LogP contribution in [0.25, 0.3) is 0 Å². The molecule has 0 radical (unpaired) electrons. The number of ether oxygens (including phenoxy) is 3. The topological polar surface area (TPSA) is 68.8 Å². The molecule has 1 fully saturated rings. The Morgan fingerprint density at radius 1 is 1.20 bits per heavy atom. The van der Waals surface area contributed by atoms with Crippen LogP contribution in [0.4, 0.5) is 5.69 Å². The number of carbonyl (C=O) groups excluding carboxylic acids is 1. The van der Waals surface area contributed by atoms with Crippen molar-refractivity contribution in [3.63, 3.8) is 0 Å². The number of amides is 1. The van der Waals surface area contributed by atoms with Crippen LogP contribution in [0.15, 0.2) is 48.5 Å². The summed E-state index contributed by atoms with van der Waals surface area (Å²) >= 11 is 5.31. The lowest BCUT2D eigenvalue weighted by atomic mass is 10.2. The molecule has 2 aromatic carbocycles. The normalized spacial score (nSPS) is 15.4. The lowest BCUT2D eigenvalue weighted by Crippen LogP contribution is -2.34. The fourth-order valence-corrected chi connectivity index (χ4v) is 3.28. The lowest BCUT2D eigenvalue weighted by Gasteiger charge is -2.14. The van der Waals surface area contributed by atoms with Gasteiger partial charge in [0.25, 0.3) is 5.91 Å². The largest absolute Gasteiger partial charge is 0.493 e. The molecule has 1 saturated heterocycles. The first-order chi connectivity index (χ1) is 14.7. The predicted molar refractivity (Wildman–Crippen MR) is 121 cm³/mol. The van der Waals surface area contributed by atoms with E-state index in [1.807, 2.05) is 30.3 Å². The monoisotopic (exact) mass is 428 g/mol. The van der Waals surface area contributed by atoms with Gasteiger partial charge in [-0.05, 0) is 55.7 Å². The summed E-state index contributed by atoms with van der Waals surface area (Å²) in [6.07, 6.45) is 4.22. The molecule has 160 valence electrons. The fourth-order valence-electron chi connectivity index (χ4n) is 3.07. The molecule has 3 rings (SSSR count). The molecular weight excluding hydrogens is 400 g/mol. The highest BCUT2D eigenvalue weighted by Gasteiger charge is 2.16. The van der Waals surface area contributed by atoms with Crippen LogP contribution >= 0.6 is 12.2 Å². The third-order valence-electron chi connectivity index (χ3n) is 4.67. The lowest BCUT2D eigenvalue weighted by molar-refractivity contribution is 0.0680. The highest BCUT2D eigenvalue weighted by atomic mass is 32.1. The summed E-state index contributed by atoms with van der Waals surface area (Å²) in [5.41, 5.74) is 1.18. The first-order valence-corrected chi connectivity index (χ1v) is 10.7. The number of rotatable bonds is 9. The molecule has 1 aliphatic rings. The number of hydrogen-bond acceptors (Lipinski definition) is 5. The Bertz CT molecular complexity index is 853. The number of thiocarbonyl (C=S) groups is 1. The van der Waals surface area contributed by atoms with Crippen molar-refractivity contribution >= 4 is 28.9 Å². The van der Waals surface area contributed by atoms with Crippen molar-refractivity contribution in [2.24, 2.45) is 0 Å². The molecule has 1 aliphatic heterocycles. The summed E-state index contributed by atoms with van der Waals surface area (Å²) < 4.78 is 17.1. The van der Waals surface area contributed by atoms with Crippen molar-refractivity contribution in [2.75, 3.05) is 25.1 Å². The van der Waals surface area contributed by atoms with Crippen LogP contribution in [0.1, 0.15) is 43.0 Å². The van der Waals surface area contributed by atoms with Crippen LogP contribution in [0.3, 0.4) is 0 Å². The van der Waals surface area contributed by atoms with Gasteiger partial charge in [0, 0.05) is 18.4 Å². The molecule has 1 unspecified atom stereocenters. The molecule has 0 aliphatic carbocycles. The highest BCUT2D eigenvalue weighted by molar-refractivity contribution is 7.80. The molecule has 6 nitrogen and oxygen atoms in total. The Balaban J connectivity index is 1.54. The minimum atomic E-state index is -0.314. The number of hydrogen-bond donors (Lipinski definition) is 2. The van der Waals surface area contributed by atoms with Gasteiger partial charge in [-0.2, -0.15) is 0 Å². The molecule has 30 heavy (non-hydrogen) atoms. The quantitative estimate of drug-likeness (QED) is 0.451. The summed E-state index contributed by atoms with van der Waals surface area (Å²) in [5.74, 6) is 0.959. The number of anilines is 1. The Kier molecular flexibility index (Phi) is 8.47. The van der Waals surface area contributed by atoms with Gasteiger partial charge >= 0.3 is 0 Å². The van der Waals surface area contributed by atoms with Crippen molar-refractivity contribution in [1.82, 2.24) is 5.32 Å². The SMILES string of the molecule is CCCCOc1ccccc1C(=O)NC(=S)Nc1cccc(OCC2CCCO2)c1. The number of carbonyl (C=O) groups is 1. The molecule has 7 heteroatoms. The van der Waals surface area contributed by atoms with E-state index in [2.05, 4.69) is 17.6 Å². The molecule has 0 aromatic heterocycles. The highest BCUT2D eigenvalue weighted by Crippen LogP contribution is 2.21. The molecule has 1 amide bonds. The minimum absolute atomic E-state index is 0.154. The van der Waals surface area contributed by atoms with E-state index in [0.717, 1.165) is 43.7 Å². The van der Waals surface area contributed by atoms with Gasteiger partial charge in [0.05, 0.1) is 18.3 Å². The molecule has 0 bridgehead atoms. The third-order valence-corrected chi connectivity index (χ3v) is 4.87. The zero-order chi connectivity index (χ0) is 21.2. The second-order valence-corrected chi connectivity index (χ2v) is 7.49. The van der Waals surface area contributed by atoms with Crippen LogP contribution < -0.4 is 20.1 Å². The molecule has 0 spiro atoms. The average molecular weight is 429 g/mol. The Labute approximate surface area is 182 Å². The van der Waals surface area contributed by atoms with Crippen molar-refractivity contribution in [3.8, 4) is 11.5 Å². The second kappa shape index (κ2) is 11.5. The van der Waals surface area contributed by atoms with Crippen molar-refractivity contribution in [3.05, 3.63) is 54.1 Å². The standard InChI is InChI=1S/C23H28N2O4S/c1-2-3-13-28-21-12-5-4-11-20(21)22(26)25-23(30)24-17-8-6-9-18(15-17)29-16-19-10-7-14-27-19/h4-6,8-9,11-12,15,19H,2-3,7,10,13-14,16H2,1H3,(H2,24,25,26,30). The van der Waals surface area contributed by atoms with Crippen molar-refractivity contribution < 1.29 is 19.0 Å². The number of para-hydroxylation sites is 1. The number of unbranched alkanes of at least 4 members (excludes halogenated alkanes) is 1. The molecule has 2 N–H and O–H groups in total. The summed E-state index contributed by atoms with van der Waals surface area (Å²) in [6, 6.07) is 14.6. The maximum absolute atomic E-state index is 12.7. The maximum atomic E-state index is 12.7. The average Bonchev–Trinajstić information content (AvgIpc) is 3.27. The van der Waals surface area contributed by atoms with Crippen molar-refractivity contribution in [1.29, 1.82) is 0 Å². The van der Waals surface area contributed by atoms with Crippen LogP contribution in [0.5, 0.6) is 11.5 Å². The van der Waals surface area contributed by atoms with Crippen LogP contribution in [0, 0.1) is 0 Å². The van der Waals surface area contributed by atoms with Crippen molar-refractivity contribution in [2.45, 2.75) is 38.7 Å². The van der Waals surface area contributed by atoms with Crippen LogP contribution in [-0.2, 0) is 4.74 Å². The van der Waals surface area contributed by atoms with E-state index >= 15 is 0 Å². The second-order valence-electron chi connectivity index (χ2n) is 7.08. The third kappa shape index (κ3) is 6.71. The molecular formula is C23H28N2O4S. The maximum Gasteiger partial charge on any atom is 0.261 e. The van der Waals surface area contributed by atoms with Gasteiger partial charge < -0.3 is 19.5 Å². The first kappa shape index (κ1) is 22.1. The van der Waals surface area contributed by atoms with Gasteiger partial charge in [0.1, 0.15) is 18.1 Å². The molecule has 1 heterocycles. The summed E-state index contributed by atoms with van der Waals surface area (Å²) in [7, 11) is 0. The van der Waals surface area contributed by atoms with Crippen LogP contribution in [0.2, 0.25) is 0 Å². The summed E-state index contributed by atoms with van der Waals surface area (Å²) in [6.45, 7) is 3.99. The molecule has 0 saturated carbocycles. The van der Waals surface area contributed by atoms with Gasteiger partial charge in [0.2, 0.25) is 0 Å². The fraction of sp³-hybridized carbons (Fsp3) is 0.391. The van der Waals surface area contributed by atoms with E-state index in [1.165, 1.54) is 0 Å². The van der Waals surface area contributed by atoms with E-state index in [4.69, 9.17) is 26.4 Å². The van der Waals surface area contributed by atoms with E-state index in [1.54, 1.807) is 18.2 Å². The van der Waals surface area contributed by atoms with Crippen LogP contribution in [-0.4, -0.2) is 36.9 Å². The van der Waals surface area contributed by atoms with E-state index in [9.17, 15) is 4.79 Å². The summed E-state index contributed by atoms with van der Waals surface area (Å²) in [4.78, 5) is 12.7. The number of nitrogens with one attached hydrogen (secondary N) is 2. The minimum Gasteiger partial charge on any atom is -0.493 e. The van der Waals surface area contributed by atoms with Gasteiger partial charge in [0.15, 0.2) is 5.11 Å². The first-order valence-electron chi connectivity index (χ1n) is 10.3. The Hall–Kier alpha value is -2.64. The zero-order valence-electron chi connectivity index (χ0n) is 17.2. The predicted octanol–water partition coefficient (Wildman–Crippen LogP) is 4.55. The van der Waals surface area contributed by atoms with E-state index in [-0.39, 0.29) is 17.1 Å². The van der Waals surface area contributed by atoms with Gasteiger partial charge in [-0.1, -0.05) is 31.5 Å². The van der Waals surface area contributed by atoms with E-state index in [0.29, 0.717) is 24.5 Å².